The van der Waals surface area contributed by atoms with Crippen molar-refractivity contribution in [3.63, 3.8) is 0 Å². The van der Waals surface area contributed by atoms with Crippen molar-refractivity contribution >= 4 is 10.8 Å². The normalized spacial score (nSPS) is 11.3. The average molecular weight is 296 g/mol. The first-order chi connectivity index (χ1) is 10.5. The number of halogens is 1. The highest BCUT2D eigenvalue weighted by molar-refractivity contribution is 5.85. The Bertz CT molecular complexity index is 913. The van der Waals surface area contributed by atoms with Gasteiger partial charge in [-0.1, -0.05) is 26.0 Å². The summed E-state index contributed by atoms with van der Waals surface area (Å²) < 4.78 is 15.1. The summed E-state index contributed by atoms with van der Waals surface area (Å²) in [5.41, 5.74) is 1.65. The van der Waals surface area contributed by atoms with E-state index in [9.17, 15) is 9.18 Å². The Kier molecular flexibility index (Phi) is 3.53. The van der Waals surface area contributed by atoms with Crippen molar-refractivity contribution in [2.24, 2.45) is 0 Å². The Labute approximate surface area is 128 Å². The monoisotopic (exact) mass is 296 g/mol. The molecule has 0 fully saturated rings. The van der Waals surface area contributed by atoms with Gasteiger partial charge in [0.2, 0.25) is 0 Å². The lowest BCUT2D eigenvalue weighted by Crippen LogP contribution is -2.21. The van der Waals surface area contributed by atoms with Gasteiger partial charge in [0, 0.05) is 12.4 Å². The third kappa shape index (κ3) is 2.30. The fourth-order valence-corrected chi connectivity index (χ4v) is 2.69. The standard InChI is InChI=1S/C18H17FN2O/c1-11(2)16-10-21(17-12(3)5-4-8-20-17)18(22)15-9-13(19)6-7-14(15)16/h4-11H,1-3H3. The van der Waals surface area contributed by atoms with E-state index >= 15 is 0 Å². The first-order valence-electron chi connectivity index (χ1n) is 7.26. The summed E-state index contributed by atoms with van der Waals surface area (Å²) in [6.45, 7) is 6.01. The van der Waals surface area contributed by atoms with E-state index in [0.717, 1.165) is 16.5 Å². The van der Waals surface area contributed by atoms with Crippen LogP contribution in [0.25, 0.3) is 16.6 Å². The van der Waals surface area contributed by atoms with Crippen LogP contribution in [0.3, 0.4) is 0 Å². The Morgan fingerprint density at radius 1 is 1.18 bits per heavy atom. The van der Waals surface area contributed by atoms with Gasteiger partial charge in [-0.15, -0.1) is 0 Å². The summed E-state index contributed by atoms with van der Waals surface area (Å²) in [5.74, 6) is 0.388. The molecule has 1 aromatic carbocycles. The Morgan fingerprint density at radius 2 is 1.95 bits per heavy atom. The highest BCUT2D eigenvalue weighted by Crippen LogP contribution is 2.25. The zero-order valence-electron chi connectivity index (χ0n) is 12.8. The van der Waals surface area contributed by atoms with Crippen LogP contribution in [0.1, 0.15) is 30.9 Å². The predicted molar refractivity (Wildman–Crippen MR) is 86.1 cm³/mol. The van der Waals surface area contributed by atoms with Crippen LogP contribution in [0.15, 0.2) is 47.5 Å². The molecule has 0 aliphatic carbocycles. The number of aromatic nitrogens is 2. The number of hydrogen-bond donors (Lipinski definition) is 0. The number of fused-ring (bicyclic) bond motifs is 1. The van der Waals surface area contributed by atoms with Crippen LogP contribution >= 0.6 is 0 Å². The summed E-state index contributed by atoms with van der Waals surface area (Å²) >= 11 is 0. The first-order valence-corrected chi connectivity index (χ1v) is 7.26. The Balaban J connectivity index is 2.44. The van der Waals surface area contributed by atoms with Crippen molar-refractivity contribution in [1.29, 1.82) is 0 Å². The molecule has 0 saturated carbocycles. The van der Waals surface area contributed by atoms with Gasteiger partial charge in [-0.25, -0.2) is 9.37 Å². The van der Waals surface area contributed by atoms with Gasteiger partial charge < -0.3 is 0 Å². The number of benzene rings is 1. The molecule has 0 radical (unpaired) electrons. The van der Waals surface area contributed by atoms with Crippen molar-refractivity contribution in [2.45, 2.75) is 26.7 Å². The zero-order valence-corrected chi connectivity index (χ0v) is 12.8. The van der Waals surface area contributed by atoms with E-state index in [4.69, 9.17) is 0 Å². The largest absolute Gasteiger partial charge is 0.268 e. The molecule has 2 heterocycles. The average Bonchev–Trinajstić information content (AvgIpc) is 2.49. The third-order valence-electron chi connectivity index (χ3n) is 3.84. The second kappa shape index (κ2) is 5.37. The molecule has 0 amide bonds. The van der Waals surface area contributed by atoms with E-state index < -0.39 is 5.82 Å². The van der Waals surface area contributed by atoms with E-state index in [1.165, 1.54) is 16.7 Å². The van der Waals surface area contributed by atoms with Gasteiger partial charge in [0.05, 0.1) is 5.39 Å². The van der Waals surface area contributed by atoms with E-state index in [0.29, 0.717) is 11.2 Å². The molecule has 3 nitrogen and oxygen atoms in total. The molecule has 0 bridgehead atoms. The molecule has 3 aromatic rings. The van der Waals surface area contributed by atoms with Gasteiger partial charge in [-0.3, -0.25) is 9.36 Å². The minimum absolute atomic E-state index is 0.212. The minimum Gasteiger partial charge on any atom is -0.268 e. The van der Waals surface area contributed by atoms with E-state index in [1.807, 2.05) is 25.3 Å². The van der Waals surface area contributed by atoms with E-state index in [2.05, 4.69) is 18.8 Å². The molecular weight excluding hydrogens is 279 g/mol. The predicted octanol–water partition coefficient (Wildman–Crippen LogP) is 3.96. The van der Waals surface area contributed by atoms with Crippen molar-refractivity contribution < 1.29 is 4.39 Å². The number of aryl methyl sites for hydroxylation is 1. The number of rotatable bonds is 2. The highest BCUT2D eigenvalue weighted by Gasteiger charge is 2.14. The van der Waals surface area contributed by atoms with Crippen molar-refractivity contribution in [2.75, 3.05) is 0 Å². The SMILES string of the molecule is Cc1cccnc1-n1cc(C(C)C)c2ccc(F)cc2c1=O. The van der Waals surface area contributed by atoms with Crippen molar-refractivity contribution in [3.8, 4) is 5.82 Å². The highest BCUT2D eigenvalue weighted by atomic mass is 19.1. The van der Waals surface area contributed by atoms with Crippen LogP contribution in [0, 0.1) is 12.7 Å². The van der Waals surface area contributed by atoms with Gasteiger partial charge >= 0.3 is 0 Å². The van der Waals surface area contributed by atoms with Gasteiger partial charge in [-0.05, 0) is 47.6 Å². The van der Waals surface area contributed by atoms with Crippen LogP contribution in [0.5, 0.6) is 0 Å². The molecule has 0 saturated heterocycles. The van der Waals surface area contributed by atoms with Crippen LogP contribution in [-0.2, 0) is 0 Å². The molecular formula is C18H17FN2O. The van der Waals surface area contributed by atoms with Crippen LogP contribution in [0.2, 0.25) is 0 Å². The fraction of sp³-hybridized carbons (Fsp3) is 0.222. The number of pyridine rings is 2. The fourth-order valence-electron chi connectivity index (χ4n) is 2.69. The summed E-state index contributed by atoms with van der Waals surface area (Å²) in [7, 11) is 0. The maximum absolute atomic E-state index is 13.6. The molecule has 0 spiro atoms. The van der Waals surface area contributed by atoms with Crippen molar-refractivity contribution in [1.82, 2.24) is 9.55 Å². The zero-order chi connectivity index (χ0) is 15.9. The van der Waals surface area contributed by atoms with Crippen molar-refractivity contribution in [3.05, 3.63) is 70.0 Å². The van der Waals surface area contributed by atoms with Gasteiger partial charge in [-0.2, -0.15) is 0 Å². The molecule has 0 N–H and O–H groups in total. The third-order valence-corrected chi connectivity index (χ3v) is 3.84. The minimum atomic E-state index is -0.408. The quantitative estimate of drug-likeness (QED) is 0.717. The van der Waals surface area contributed by atoms with Gasteiger partial charge in [0.15, 0.2) is 0 Å². The molecule has 4 heteroatoms. The summed E-state index contributed by atoms with van der Waals surface area (Å²) in [4.78, 5) is 17.1. The smallest absolute Gasteiger partial charge is 0.264 e. The van der Waals surface area contributed by atoms with E-state index in [1.54, 1.807) is 12.3 Å². The summed E-state index contributed by atoms with van der Waals surface area (Å²) in [6, 6.07) is 8.10. The van der Waals surface area contributed by atoms with Crippen LogP contribution < -0.4 is 5.56 Å². The summed E-state index contributed by atoms with van der Waals surface area (Å²) in [6.07, 6.45) is 3.47. The number of hydrogen-bond acceptors (Lipinski definition) is 2. The topological polar surface area (TPSA) is 34.9 Å². The molecule has 112 valence electrons. The molecule has 0 unspecified atom stereocenters. The molecule has 3 rings (SSSR count). The lowest BCUT2D eigenvalue weighted by atomic mass is 9.98. The molecule has 2 aromatic heterocycles. The van der Waals surface area contributed by atoms with E-state index in [-0.39, 0.29) is 11.5 Å². The maximum atomic E-state index is 13.6. The second-order valence-corrected chi connectivity index (χ2v) is 5.75. The molecule has 0 atom stereocenters. The Morgan fingerprint density at radius 3 is 2.64 bits per heavy atom. The molecule has 22 heavy (non-hydrogen) atoms. The lowest BCUT2D eigenvalue weighted by Gasteiger charge is -2.15. The second-order valence-electron chi connectivity index (χ2n) is 5.75. The van der Waals surface area contributed by atoms with Gasteiger partial charge in [0.1, 0.15) is 11.6 Å². The Hall–Kier alpha value is -2.49. The first kappa shape index (κ1) is 14.4. The van der Waals surface area contributed by atoms with Crippen LogP contribution in [-0.4, -0.2) is 9.55 Å². The summed E-state index contributed by atoms with van der Waals surface area (Å²) in [5, 5.41) is 1.18. The molecule has 0 aliphatic rings. The maximum Gasteiger partial charge on any atom is 0.264 e. The molecule has 0 aliphatic heterocycles. The number of nitrogens with zero attached hydrogens (tertiary/aromatic N) is 2. The lowest BCUT2D eigenvalue weighted by molar-refractivity contribution is 0.629. The van der Waals surface area contributed by atoms with Gasteiger partial charge in [0.25, 0.3) is 5.56 Å². The van der Waals surface area contributed by atoms with Crippen LogP contribution in [0.4, 0.5) is 4.39 Å².